The van der Waals surface area contributed by atoms with Crippen LogP contribution in [-0.2, 0) is 34.3 Å². The molecule has 3 aliphatic heterocycles. The largest absolute Gasteiger partial charge is 0.465 e. The van der Waals surface area contributed by atoms with Gasteiger partial charge in [0.05, 0.1) is 18.6 Å². The molecule has 0 radical (unpaired) electrons. The van der Waals surface area contributed by atoms with E-state index >= 15 is 0 Å². The average Bonchev–Trinajstić information content (AvgIpc) is 3.69. The number of aryl methyl sites for hydroxylation is 1. The van der Waals surface area contributed by atoms with Crippen LogP contribution < -0.4 is 0 Å². The Kier molecular flexibility index (Phi) is 6.61. The van der Waals surface area contributed by atoms with Crippen LogP contribution in [0, 0.1) is 12.8 Å². The second-order valence-electron chi connectivity index (χ2n) is 12.2. The first-order chi connectivity index (χ1) is 18.7. The Morgan fingerprint density at radius 3 is 2.82 bits per heavy atom. The number of amides is 2. The molecular weight excluding hydrogens is 492 g/mol. The van der Waals surface area contributed by atoms with Crippen molar-refractivity contribution in [1.82, 2.24) is 19.8 Å². The third kappa shape index (κ3) is 4.80. The molecule has 3 aliphatic rings. The van der Waals surface area contributed by atoms with Crippen LogP contribution >= 0.6 is 0 Å². The van der Waals surface area contributed by atoms with Crippen LogP contribution in [0.15, 0.2) is 30.6 Å². The van der Waals surface area contributed by atoms with Gasteiger partial charge in [-0.2, -0.15) is 0 Å². The SMILES string of the molecule is Cc1c[nH]c2ncc(CC(C)(C)c3cc4c(c([C@@H]5CCCN5C(=O)O)c3)CN(C(=O)C3CCOC3)CC4)cc12. The van der Waals surface area contributed by atoms with Crippen molar-refractivity contribution >= 4 is 23.0 Å². The van der Waals surface area contributed by atoms with Gasteiger partial charge in [-0.3, -0.25) is 4.79 Å². The summed E-state index contributed by atoms with van der Waals surface area (Å²) >= 11 is 0. The van der Waals surface area contributed by atoms with Crippen LogP contribution in [0.25, 0.3) is 11.0 Å². The fourth-order valence-electron chi connectivity index (χ4n) is 6.77. The Labute approximate surface area is 229 Å². The highest BCUT2D eigenvalue weighted by Crippen LogP contribution is 2.41. The standard InChI is InChI=1S/C31H38N4O4/c1-19-15-32-28-24(19)11-20(16-33-28)14-31(2,3)23-12-21-6-9-34(29(36)22-7-10-39-18-22)17-26(21)25(13-23)27-5-4-8-35(27)30(37)38/h11-13,15-16,22,27H,4-10,14,17-18H2,1-3H3,(H,32,33)(H,37,38)/t22?,27-/m0/s1. The van der Waals surface area contributed by atoms with Gasteiger partial charge in [0.25, 0.3) is 0 Å². The lowest BCUT2D eigenvalue weighted by atomic mass is 9.76. The molecule has 8 nitrogen and oxygen atoms in total. The molecule has 0 aliphatic carbocycles. The Hall–Kier alpha value is -3.39. The minimum Gasteiger partial charge on any atom is -0.465 e. The number of pyridine rings is 1. The van der Waals surface area contributed by atoms with Crippen LogP contribution in [0.3, 0.4) is 0 Å². The van der Waals surface area contributed by atoms with Crippen molar-refractivity contribution in [3.05, 3.63) is 64.0 Å². The maximum absolute atomic E-state index is 13.3. The zero-order chi connectivity index (χ0) is 27.3. The van der Waals surface area contributed by atoms with Gasteiger partial charge in [-0.15, -0.1) is 0 Å². The van der Waals surface area contributed by atoms with Crippen molar-refractivity contribution in [3.63, 3.8) is 0 Å². The lowest BCUT2D eigenvalue weighted by Gasteiger charge is -2.36. The van der Waals surface area contributed by atoms with E-state index in [1.807, 2.05) is 17.3 Å². The number of aromatic nitrogens is 2. The summed E-state index contributed by atoms with van der Waals surface area (Å²) in [5.74, 6) is 0.0998. The zero-order valence-electron chi connectivity index (χ0n) is 23.1. The molecule has 0 bridgehead atoms. The van der Waals surface area contributed by atoms with E-state index < -0.39 is 6.09 Å². The maximum Gasteiger partial charge on any atom is 0.407 e. The quantitative estimate of drug-likeness (QED) is 0.477. The van der Waals surface area contributed by atoms with Crippen LogP contribution in [0.1, 0.15) is 72.5 Å². The minimum absolute atomic E-state index is 0.0650. The molecule has 39 heavy (non-hydrogen) atoms. The number of nitrogens with one attached hydrogen (secondary N) is 1. The second-order valence-corrected chi connectivity index (χ2v) is 12.2. The highest BCUT2D eigenvalue weighted by molar-refractivity contribution is 5.80. The number of benzene rings is 1. The summed E-state index contributed by atoms with van der Waals surface area (Å²) in [7, 11) is 0. The fraction of sp³-hybridized carbons (Fsp3) is 0.516. The van der Waals surface area contributed by atoms with Gasteiger partial charge in [0.15, 0.2) is 0 Å². The van der Waals surface area contributed by atoms with E-state index in [-0.39, 0.29) is 23.3 Å². The Morgan fingerprint density at radius 2 is 2.05 bits per heavy atom. The molecule has 2 saturated heterocycles. The number of carboxylic acid groups (broad SMARTS) is 1. The number of likely N-dealkylation sites (tertiary alicyclic amines) is 1. The summed E-state index contributed by atoms with van der Waals surface area (Å²) in [4.78, 5) is 36.9. The van der Waals surface area contributed by atoms with Crippen LogP contribution in [0.2, 0.25) is 0 Å². The van der Waals surface area contributed by atoms with Gasteiger partial charge >= 0.3 is 6.09 Å². The Balaban J connectivity index is 1.36. The molecule has 8 heteroatoms. The number of H-pyrrole nitrogens is 1. The number of carbonyl (C=O) groups is 2. The molecule has 2 fully saturated rings. The van der Waals surface area contributed by atoms with E-state index in [4.69, 9.17) is 4.74 Å². The van der Waals surface area contributed by atoms with Crippen molar-refractivity contribution in [2.45, 2.75) is 70.9 Å². The van der Waals surface area contributed by atoms with E-state index in [0.717, 1.165) is 54.3 Å². The lowest BCUT2D eigenvalue weighted by Crippen LogP contribution is -2.41. The molecule has 2 atom stereocenters. The molecule has 1 aromatic carbocycles. The number of hydrogen-bond donors (Lipinski definition) is 2. The number of fused-ring (bicyclic) bond motifs is 2. The van der Waals surface area contributed by atoms with Crippen molar-refractivity contribution in [1.29, 1.82) is 0 Å². The summed E-state index contributed by atoms with van der Waals surface area (Å²) in [6, 6.07) is 6.60. The molecular formula is C31H38N4O4. The summed E-state index contributed by atoms with van der Waals surface area (Å²) in [5.41, 5.74) is 7.75. The van der Waals surface area contributed by atoms with E-state index in [1.165, 1.54) is 22.3 Å². The van der Waals surface area contributed by atoms with Crippen LogP contribution in [-0.4, -0.2) is 63.2 Å². The molecule has 2 N–H and O–H groups in total. The number of carbonyl (C=O) groups excluding carboxylic acids is 1. The molecule has 2 aromatic heterocycles. The zero-order valence-corrected chi connectivity index (χ0v) is 23.1. The highest BCUT2D eigenvalue weighted by atomic mass is 16.5. The second kappa shape index (κ2) is 9.97. The van der Waals surface area contributed by atoms with Gasteiger partial charge in [0.1, 0.15) is 5.65 Å². The molecule has 0 spiro atoms. The van der Waals surface area contributed by atoms with Crippen molar-refractivity contribution in [2.75, 3.05) is 26.3 Å². The number of aromatic amines is 1. The van der Waals surface area contributed by atoms with Crippen molar-refractivity contribution in [3.8, 4) is 0 Å². The van der Waals surface area contributed by atoms with Gasteiger partial charge in [-0.05, 0) is 83.9 Å². The number of rotatable bonds is 5. The minimum atomic E-state index is -0.871. The number of nitrogens with zero attached hydrogens (tertiary/aromatic N) is 3. The van der Waals surface area contributed by atoms with Crippen molar-refractivity contribution in [2.24, 2.45) is 5.92 Å². The summed E-state index contributed by atoms with van der Waals surface area (Å²) < 4.78 is 5.49. The molecule has 1 unspecified atom stereocenters. The topological polar surface area (TPSA) is 98.8 Å². The first-order valence-corrected chi connectivity index (χ1v) is 14.2. The first-order valence-electron chi connectivity index (χ1n) is 14.2. The molecule has 0 saturated carbocycles. The third-order valence-corrected chi connectivity index (χ3v) is 9.05. The molecule has 3 aromatic rings. The van der Waals surface area contributed by atoms with Gasteiger partial charge in [0.2, 0.25) is 5.91 Å². The normalized spacial score (nSPS) is 21.5. The smallest absolute Gasteiger partial charge is 0.407 e. The van der Waals surface area contributed by atoms with Gasteiger partial charge in [-0.25, -0.2) is 9.78 Å². The first kappa shape index (κ1) is 25.9. The summed E-state index contributed by atoms with van der Waals surface area (Å²) in [6.45, 7) is 9.53. The maximum atomic E-state index is 13.3. The predicted octanol–water partition coefficient (Wildman–Crippen LogP) is 5.13. The van der Waals surface area contributed by atoms with Crippen molar-refractivity contribution < 1.29 is 19.4 Å². The molecule has 5 heterocycles. The molecule has 206 valence electrons. The average molecular weight is 531 g/mol. The predicted molar refractivity (Wildman–Crippen MR) is 149 cm³/mol. The number of ether oxygens (including phenoxy) is 1. The monoisotopic (exact) mass is 530 g/mol. The van der Waals surface area contributed by atoms with E-state index in [1.54, 1.807) is 4.90 Å². The van der Waals surface area contributed by atoms with E-state index in [2.05, 4.69) is 48.9 Å². The number of hydrogen-bond acceptors (Lipinski definition) is 4. The van der Waals surface area contributed by atoms with E-state index in [9.17, 15) is 14.7 Å². The summed E-state index contributed by atoms with van der Waals surface area (Å²) in [5, 5.41) is 11.1. The summed E-state index contributed by atoms with van der Waals surface area (Å²) in [6.07, 6.45) is 7.11. The highest BCUT2D eigenvalue weighted by Gasteiger charge is 2.37. The Morgan fingerprint density at radius 1 is 1.21 bits per heavy atom. The van der Waals surface area contributed by atoms with Gasteiger partial charge < -0.3 is 24.6 Å². The Bertz CT molecular complexity index is 1420. The third-order valence-electron chi connectivity index (χ3n) is 9.05. The molecule has 2 amide bonds. The van der Waals surface area contributed by atoms with E-state index in [0.29, 0.717) is 32.8 Å². The van der Waals surface area contributed by atoms with Gasteiger partial charge in [0, 0.05) is 44.0 Å². The van der Waals surface area contributed by atoms with Crippen LogP contribution in [0.5, 0.6) is 0 Å². The van der Waals surface area contributed by atoms with Gasteiger partial charge in [-0.1, -0.05) is 26.0 Å². The lowest BCUT2D eigenvalue weighted by molar-refractivity contribution is -0.136. The molecule has 6 rings (SSSR count). The van der Waals surface area contributed by atoms with Crippen LogP contribution in [0.4, 0.5) is 4.79 Å². The fourth-order valence-corrected chi connectivity index (χ4v) is 6.77.